The number of thiazole rings is 1. The topological polar surface area (TPSA) is 88.6 Å². The van der Waals surface area contributed by atoms with Gasteiger partial charge in [0, 0.05) is 13.0 Å². The Morgan fingerprint density at radius 3 is 2.82 bits per heavy atom. The van der Waals surface area contributed by atoms with E-state index in [4.69, 9.17) is 4.74 Å². The molecule has 1 unspecified atom stereocenters. The summed E-state index contributed by atoms with van der Waals surface area (Å²) in [6.45, 7) is 5.44. The molecule has 3 rings (SSSR count). The fourth-order valence-electron chi connectivity index (χ4n) is 2.99. The quantitative estimate of drug-likeness (QED) is 0.773. The Labute approximate surface area is 165 Å². The van der Waals surface area contributed by atoms with Crippen LogP contribution in [-0.4, -0.2) is 35.9 Å². The number of benzene rings is 1. The molecule has 1 aliphatic rings. The number of carbonyl (C=O) groups excluding carboxylic acids is 3. The fourth-order valence-corrected chi connectivity index (χ4v) is 3.85. The molecule has 1 aliphatic heterocycles. The average Bonchev–Trinajstić information content (AvgIpc) is 3.18. The van der Waals surface area contributed by atoms with Crippen molar-refractivity contribution in [1.29, 1.82) is 0 Å². The second-order valence-electron chi connectivity index (χ2n) is 6.50. The van der Waals surface area contributed by atoms with Crippen LogP contribution in [0, 0.1) is 25.6 Å². The minimum Gasteiger partial charge on any atom is -0.462 e. The lowest BCUT2D eigenvalue weighted by atomic mass is 10.1. The molecule has 148 valence electrons. The van der Waals surface area contributed by atoms with Gasteiger partial charge in [0.15, 0.2) is 5.13 Å². The SMILES string of the molecule is CCOC(=O)c1sc(NC(=O)C2CC(=O)N(c3ccc(C)cc3F)C2)nc1C. The Hall–Kier alpha value is -2.81. The van der Waals surface area contributed by atoms with Crippen LogP contribution in [0.5, 0.6) is 0 Å². The van der Waals surface area contributed by atoms with Crippen molar-refractivity contribution in [1.82, 2.24) is 4.98 Å². The van der Waals surface area contributed by atoms with Crippen LogP contribution in [0.3, 0.4) is 0 Å². The summed E-state index contributed by atoms with van der Waals surface area (Å²) in [4.78, 5) is 42.5. The molecule has 1 atom stereocenters. The van der Waals surface area contributed by atoms with Gasteiger partial charge in [-0.1, -0.05) is 17.4 Å². The van der Waals surface area contributed by atoms with Gasteiger partial charge in [0.2, 0.25) is 11.8 Å². The molecule has 9 heteroatoms. The first-order chi connectivity index (χ1) is 13.3. The number of nitrogens with zero attached hydrogens (tertiary/aromatic N) is 2. The van der Waals surface area contributed by atoms with Crippen LogP contribution in [0.2, 0.25) is 0 Å². The molecule has 0 spiro atoms. The summed E-state index contributed by atoms with van der Waals surface area (Å²) in [5, 5.41) is 2.91. The largest absolute Gasteiger partial charge is 0.462 e. The summed E-state index contributed by atoms with van der Waals surface area (Å²) in [6.07, 6.45) is -0.0196. The number of anilines is 2. The van der Waals surface area contributed by atoms with Gasteiger partial charge in [0.1, 0.15) is 10.7 Å². The first kappa shape index (κ1) is 19.9. The Bertz CT molecular complexity index is 943. The first-order valence-corrected chi connectivity index (χ1v) is 9.63. The molecule has 1 fully saturated rings. The monoisotopic (exact) mass is 405 g/mol. The van der Waals surface area contributed by atoms with E-state index in [0.717, 1.165) is 16.9 Å². The number of ether oxygens (including phenoxy) is 1. The highest BCUT2D eigenvalue weighted by atomic mass is 32.1. The van der Waals surface area contributed by atoms with Crippen molar-refractivity contribution >= 4 is 39.9 Å². The minimum atomic E-state index is -0.636. The smallest absolute Gasteiger partial charge is 0.350 e. The Morgan fingerprint density at radius 2 is 2.14 bits per heavy atom. The molecule has 28 heavy (non-hydrogen) atoms. The average molecular weight is 405 g/mol. The first-order valence-electron chi connectivity index (χ1n) is 8.82. The predicted octanol–water partition coefficient (Wildman–Crippen LogP) is 3.07. The fraction of sp³-hybridized carbons (Fsp3) is 0.368. The van der Waals surface area contributed by atoms with Crippen molar-refractivity contribution in [2.24, 2.45) is 5.92 Å². The van der Waals surface area contributed by atoms with Gasteiger partial charge in [-0.05, 0) is 38.5 Å². The molecule has 2 amide bonds. The van der Waals surface area contributed by atoms with Gasteiger partial charge in [-0.25, -0.2) is 14.2 Å². The van der Waals surface area contributed by atoms with Crippen LogP contribution in [0.15, 0.2) is 18.2 Å². The number of halogens is 1. The molecule has 0 saturated carbocycles. The van der Waals surface area contributed by atoms with Crippen molar-refractivity contribution in [3.8, 4) is 0 Å². The summed E-state index contributed by atoms with van der Waals surface area (Å²) in [5.41, 5.74) is 1.38. The van der Waals surface area contributed by atoms with E-state index < -0.39 is 23.6 Å². The van der Waals surface area contributed by atoms with E-state index in [2.05, 4.69) is 10.3 Å². The second-order valence-corrected chi connectivity index (χ2v) is 7.50. The molecule has 1 N–H and O–H groups in total. The Morgan fingerprint density at radius 1 is 1.39 bits per heavy atom. The van der Waals surface area contributed by atoms with E-state index >= 15 is 0 Å². The van der Waals surface area contributed by atoms with E-state index in [9.17, 15) is 18.8 Å². The van der Waals surface area contributed by atoms with Gasteiger partial charge >= 0.3 is 5.97 Å². The number of esters is 1. The molecule has 2 heterocycles. The van der Waals surface area contributed by atoms with Crippen molar-refractivity contribution in [2.45, 2.75) is 27.2 Å². The minimum absolute atomic E-state index is 0.0196. The zero-order valence-corrected chi connectivity index (χ0v) is 16.6. The molecular weight excluding hydrogens is 385 g/mol. The maximum Gasteiger partial charge on any atom is 0.350 e. The van der Waals surface area contributed by atoms with Crippen LogP contribution in [-0.2, 0) is 14.3 Å². The highest BCUT2D eigenvalue weighted by molar-refractivity contribution is 7.17. The molecule has 1 aromatic heterocycles. The highest BCUT2D eigenvalue weighted by Crippen LogP contribution is 2.30. The molecule has 2 aromatic rings. The van der Waals surface area contributed by atoms with Gasteiger partial charge in [-0.15, -0.1) is 0 Å². The molecule has 0 bridgehead atoms. The Kier molecular flexibility index (Phi) is 5.73. The van der Waals surface area contributed by atoms with Crippen LogP contribution in [0.1, 0.15) is 34.3 Å². The zero-order chi connectivity index (χ0) is 20.4. The lowest BCUT2D eigenvalue weighted by Gasteiger charge is -2.17. The van der Waals surface area contributed by atoms with E-state index in [1.54, 1.807) is 32.9 Å². The van der Waals surface area contributed by atoms with Gasteiger partial charge < -0.3 is 15.0 Å². The third-order valence-electron chi connectivity index (χ3n) is 4.38. The van der Waals surface area contributed by atoms with Crippen molar-refractivity contribution in [3.63, 3.8) is 0 Å². The summed E-state index contributed by atoms with van der Waals surface area (Å²) < 4.78 is 19.1. The van der Waals surface area contributed by atoms with Crippen molar-refractivity contribution in [3.05, 3.63) is 40.2 Å². The van der Waals surface area contributed by atoms with Crippen LogP contribution < -0.4 is 10.2 Å². The number of amides is 2. The number of rotatable bonds is 5. The summed E-state index contributed by atoms with van der Waals surface area (Å²) in [7, 11) is 0. The maximum atomic E-state index is 14.2. The number of hydrogen-bond acceptors (Lipinski definition) is 6. The number of aryl methyl sites for hydroxylation is 2. The molecular formula is C19H20FN3O4S. The van der Waals surface area contributed by atoms with Gasteiger partial charge in [0.25, 0.3) is 0 Å². The lowest BCUT2D eigenvalue weighted by Crippen LogP contribution is -2.28. The van der Waals surface area contributed by atoms with E-state index in [0.29, 0.717) is 10.6 Å². The summed E-state index contributed by atoms with van der Waals surface area (Å²) in [6, 6.07) is 4.61. The van der Waals surface area contributed by atoms with Crippen LogP contribution >= 0.6 is 11.3 Å². The van der Waals surface area contributed by atoms with Gasteiger partial charge in [0.05, 0.1) is 23.9 Å². The number of nitrogens with one attached hydrogen (secondary N) is 1. The number of carbonyl (C=O) groups is 3. The van der Waals surface area contributed by atoms with E-state index in [-0.39, 0.29) is 36.3 Å². The number of aromatic nitrogens is 1. The molecule has 1 aromatic carbocycles. The third kappa shape index (κ3) is 4.04. The molecule has 7 nitrogen and oxygen atoms in total. The standard InChI is InChI=1S/C19H20FN3O4S/c1-4-27-18(26)16-11(3)21-19(28-16)22-17(25)12-8-15(24)23(9-12)14-6-5-10(2)7-13(14)20/h5-7,12H,4,8-9H2,1-3H3,(H,21,22,25). The van der Waals surface area contributed by atoms with Gasteiger partial charge in [-0.2, -0.15) is 0 Å². The number of hydrogen-bond donors (Lipinski definition) is 1. The molecule has 0 radical (unpaired) electrons. The van der Waals surface area contributed by atoms with E-state index in [1.165, 1.54) is 11.0 Å². The maximum absolute atomic E-state index is 14.2. The second kappa shape index (κ2) is 8.05. The molecule has 1 saturated heterocycles. The van der Waals surface area contributed by atoms with Gasteiger partial charge in [-0.3, -0.25) is 9.59 Å². The van der Waals surface area contributed by atoms with Crippen molar-refractivity contribution in [2.75, 3.05) is 23.4 Å². The van der Waals surface area contributed by atoms with Crippen LogP contribution in [0.4, 0.5) is 15.2 Å². The zero-order valence-electron chi connectivity index (χ0n) is 15.7. The highest BCUT2D eigenvalue weighted by Gasteiger charge is 2.36. The summed E-state index contributed by atoms with van der Waals surface area (Å²) in [5.74, 6) is -2.33. The predicted molar refractivity (Wildman–Crippen MR) is 103 cm³/mol. The normalized spacial score (nSPS) is 16.4. The summed E-state index contributed by atoms with van der Waals surface area (Å²) >= 11 is 1.02. The Balaban J connectivity index is 1.70. The molecule has 0 aliphatic carbocycles. The van der Waals surface area contributed by atoms with Crippen LogP contribution in [0.25, 0.3) is 0 Å². The van der Waals surface area contributed by atoms with E-state index in [1.807, 2.05) is 0 Å². The third-order valence-corrected chi connectivity index (χ3v) is 5.43. The lowest BCUT2D eigenvalue weighted by molar-refractivity contribution is -0.122. The van der Waals surface area contributed by atoms with Crippen molar-refractivity contribution < 1.29 is 23.5 Å².